The molecule has 1 unspecified atom stereocenters. The number of non-ortho nitro benzene ring substituents is 1. The van der Waals surface area contributed by atoms with Crippen LogP contribution in [0.5, 0.6) is 5.75 Å². The molecule has 4 aliphatic rings. The molecule has 1 atom stereocenters. The number of piperidine rings is 3. The highest BCUT2D eigenvalue weighted by Gasteiger charge is 2.55. The zero-order valence-electron chi connectivity index (χ0n) is 19.5. The number of ketones is 1. The molecule has 14 nitrogen and oxygen atoms in total. The van der Waals surface area contributed by atoms with Crippen molar-refractivity contribution < 1.29 is 43.2 Å². The van der Waals surface area contributed by atoms with Crippen molar-refractivity contribution in [3.05, 3.63) is 68.1 Å². The summed E-state index contributed by atoms with van der Waals surface area (Å²) in [5.74, 6) is -0.303. The number of rotatable bonds is 8. The fourth-order valence-corrected chi connectivity index (χ4v) is 4.57. The Morgan fingerprint density at radius 1 is 0.919 bits per heavy atom. The molecule has 3 aliphatic heterocycles. The smallest absolute Gasteiger partial charge is 0.431 e. The van der Waals surface area contributed by atoms with Gasteiger partial charge in [0, 0.05) is 50.1 Å². The molecule has 0 spiro atoms. The zero-order chi connectivity index (χ0) is 26.6. The average molecular weight is 517 g/mol. The first-order valence-electron chi connectivity index (χ1n) is 11.4. The molecule has 0 amide bonds. The number of ether oxygens (including phenoxy) is 4. The number of carbonyl (C=O) groups is 3. The molecule has 196 valence electrons. The Morgan fingerprint density at radius 3 is 2.05 bits per heavy atom. The topological polar surface area (TPSA) is 178 Å². The maximum absolute atomic E-state index is 13.2. The molecule has 5 rings (SSSR count). The number of fused-ring (bicyclic) bond motifs is 3. The van der Waals surface area contributed by atoms with Gasteiger partial charge in [0.2, 0.25) is 5.70 Å². The third kappa shape index (κ3) is 5.74. The highest BCUT2D eigenvalue weighted by Crippen LogP contribution is 2.37. The van der Waals surface area contributed by atoms with Crippen LogP contribution in [0.4, 0.5) is 15.3 Å². The molecule has 2 bridgehead atoms. The van der Waals surface area contributed by atoms with E-state index < -0.39 is 40.9 Å². The van der Waals surface area contributed by atoms with E-state index in [9.17, 15) is 34.6 Å². The molecule has 14 heteroatoms. The molecule has 0 aromatic heterocycles. The van der Waals surface area contributed by atoms with Crippen molar-refractivity contribution in [2.75, 3.05) is 26.3 Å². The number of carbonyl (C=O) groups excluding carboxylic acids is 3. The van der Waals surface area contributed by atoms with Crippen LogP contribution in [0, 0.1) is 26.1 Å². The number of nitro benzene ring substituents is 1. The van der Waals surface area contributed by atoms with Crippen LogP contribution in [0.3, 0.4) is 0 Å². The Balaban J connectivity index is 1.39. The van der Waals surface area contributed by atoms with Gasteiger partial charge in [0.15, 0.2) is 5.78 Å². The van der Waals surface area contributed by atoms with Gasteiger partial charge < -0.3 is 18.9 Å². The minimum Gasteiger partial charge on any atom is -0.431 e. The maximum Gasteiger partial charge on any atom is 0.513 e. The second-order valence-electron chi connectivity index (χ2n) is 8.74. The molecular formula is C23H23N3O11. The van der Waals surface area contributed by atoms with Crippen LogP contribution in [-0.2, 0) is 19.0 Å². The Labute approximate surface area is 209 Å². The molecule has 3 heterocycles. The number of nitrogens with zero attached hydrogens (tertiary/aromatic N) is 3. The summed E-state index contributed by atoms with van der Waals surface area (Å²) in [7, 11) is 0. The number of hydrogen-bond acceptors (Lipinski definition) is 12. The van der Waals surface area contributed by atoms with Crippen LogP contribution in [0.15, 0.2) is 47.9 Å². The fourth-order valence-electron chi connectivity index (χ4n) is 4.57. The predicted octanol–water partition coefficient (Wildman–Crippen LogP) is 3.14. The average Bonchev–Trinajstić information content (AvgIpc) is 2.89. The summed E-state index contributed by atoms with van der Waals surface area (Å²) in [5.41, 5.74) is -1.61. The van der Waals surface area contributed by atoms with Gasteiger partial charge in [-0.05, 0) is 31.1 Å². The van der Waals surface area contributed by atoms with Gasteiger partial charge in [0.1, 0.15) is 30.3 Å². The van der Waals surface area contributed by atoms with Crippen molar-refractivity contribution in [3.63, 3.8) is 0 Å². The van der Waals surface area contributed by atoms with Crippen LogP contribution in [0.25, 0.3) is 0 Å². The van der Waals surface area contributed by atoms with Crippen molar-refractivity contribution >= 4 is 23.8 Å². The standard InChI is InChI=1S/C23H23N3O11/c27-20-15-9-11-24(12-10-15)23(20,13-34-21(28)36-18-5-1-16(2-6-18)25(30)31)14-35-22(29)37-19-7-3-17(4-8-19)26(32)33/h1-3,5-7,15H,4,8-14H2. The Bertz CT molecular complexity index is 1170. The zero-order valence-corrected chi connectivity index (χ0v) is 19.5. The third-order valence-electron chi connectivity index (χ3n) is 6.57. The van der Waals surface area contributed by atoms with E-state index in [0.29, 0.717) is 25.9 Å². The Hall–Kier alpha value is -4.33. The van der Waals surface area contributed by atoms with Gasteiger partial charge in [-0.2, -0.15) is 0 Å². The summed E-state index contributed by atoms with van der Waals surface area (Å²) in [6.45, 7) is 0.193. The molecule has 0 saturated carbocycles. The lowest BCUT2D eigenvalue weighted by Crippen LogP contribution is -2.69. The van der Waals surface area contributed by atoms with Crippen molar-refractivity contribution in [3.8, 4) is 5.75 Å². The lowest BCUT2D eigenvalue weighted by Gasteiger charge is -2.51. The number of nitro groups is 2. The second-order valence-corrected chi connectivity index (χ2v) is 8.74. The summed E-state index contributed by atoms with van der Waals surface area (Å²) in [6.07, 6.45) is 1.83. The molecule has 1 aromatic carbocycles. The van der Waals surface area contributed by atoms with E-state index in [0.717, 1.165) is 12.1 Å². The first-order valence-corrected chi connectivity index (χ1v) is 11.4. The largest absolute Gasteiger partial charge is 0.513 e. The minimum atomic E-state index is -1.42. The summed E-state index contributed by atoms with van der Waals surface area (Å²) >= 11 is 0. The van der Waals surface area contributed by atoms with Crippen LogP contribution < -0.4 is 4.74 Å². The van der Waals surface area contributed by atoms with Crippen LogP contribution in [0.1, 0.15) is 25.7 Å². The van der Waals surface area contributed by atoms with Crippen LogP contribution in [-0.4, -0.2) is 64.7 Å². The molecule has 3 saturated heterocycles. The first kappa shape index (κ1) is 25.8. The molecular weight excluding hydrogens is 494 g/mol. The molecule has 0 N–H and O–H groups in total. The van der Waals surface area contributed by atoms with E-state index >= 15 is 0 Å². The Kier molecular flexibility index (Phi) is 7.47. The normalized spacial score (nSPS) is 24.4. The van der Waals surface area contributed by atoms with E-state index in [1.807, 2.05) is 0 Å². The van der Waals surface area contributed by atoms with Gasteiger partial charge in [-0.3, -0.25) is 29.9 Å². The lowest BCUT2D eigenvalue weighted by molar-refractivity contribution is -0.428. The van der Waals surface area contributed by atoms with E-state index in [-0.39, 0.29) is 47.4 Å². The summed E-state index contributed by atoms with van der Waals surface area (Å²) in [5, 5.41) is 21.6. The number of benzene rings is 1. The highest BCUT2D eigenvalue weighted by atomic mass is 16.7. The van der Waals surface area contributed by atoms with Crippen molar-refractivity contribution in [1.29, 1.82) is 0 Å². The van der Waals surface area contributed by atoms with Crippen molar-refractivity contribution in [1.82, 2.24) is 4.90 Å². The maximum atomic E-state index is 13.2. The van der Waals surface area contributed by atoms with Gasteiger partial charge >= 0.3 is 12.3 Å². The molecule has 37 heavy (non-hydrogen) atoms. The fraction of sp³-hybridized carbons (Fsp3) is 0.435. The quantitative estimate of drug-likeness (QED) is 0.213. The van der Waals surface area contributed by atoms with E-state index in [1.165, 1.54) is 24.3 Å². The van der Waals surface area contributed by atoms with Gasteiger partial charge in [-0.1, -0.05) is 0 Å². The predicted molar refractivity (Wildman–Crippen MR) is 122 cm³/mol. The van der Waals surface area contributed by atoms with Gasteiger partial charge in [-0.15, -0.1) is 0 Å². The van der Waals surface area contributed by atoms with Gasteiger partial charge in [-0.25, -0.2) is 9.59 Å². The molecule has 3 fully saturated rings. The monoisotopic (exact) mass is 517 g/mol. The Morgan fingerprint density at radius 2 is 1.54 bits per heavy atom. The van der Waals surface area contributed by atoms with E-state index in [1.54, 1.807) is 4.90 Å². The van der Waals surface area contributed by atoms with Gasteiger partial charge in [0.25, 0.3) is 5.69 Å². The van der Waals surface area contributed by atoms with Crippen molar-refractivity contribution in [2.45, 2.75) is 31.2 Å². The molecule has 1 aromatic rings. The summed E-state index contributed by atoms with van der Waals surface area (Å²) < 4.78 is 20.7. The number of allylic oxidation sites excluding steroid dienone is 4. The van der Waals surface area contributed by atoms with Crippen LogP contribution in [0.2, 0.25) is 0 Å². The SMILES string of the molecule is O=C(OCC1(COC(=O)Oc2ccc([N+](=O)[O-])cc2)C(=O)C2CCN1CC2)OC1=CC=C([N+](=O)[O-])CC1. The highest BCUT2D eigenvalue weighted by molar-refractivity contribution is 5.93. The first-order chi connectivity index (χ1) is 17.7. The van der Waals surface area contributed by atoms with Gasteiger partial charge in [0.05, 0.1) is 9.85 Å². The lowest BCUT2D eigenvalue weighted by atomic mass is 9.74. The number of hydrogen-bond donors (Lipinski definition) is 0. The van der Waals surface area contributed by atoms with E-state index in [2.05, 4.69) is 0 Å². The third-order valence-corrected chi connectivity index (χ3v) is 6.57. The van der Waals surface area contributed by atoms with Crippen molar-refractivity contribution in [2.24, 2.45) is 5.92 Å². The summed E-state index contributed by atoms with van der Waals surface area (Å²) in [4.78, 5) is 60.1. The molecule has 1 aliphatic carbocycles. The van der Waals surface area contributed by atoms with E-state index in [4.69, 9.17) is 18.9 Å². The summed E-state index contributed by atoms with van der Waals surface area (Å²) in [6, 6.07) is 4.79. The van der Waals surface area contributed by atoms with Crippen LogP contribution >= 0.6 is 0 Å². The number of Topliss-reactive ketones (excluding diaryl/α,β-unsaturated/α-hetero) is 1. The minimum absolute atomic E-state index is 0.00550. The second kappa shape index (κ2) is 10.7. The molecule has 0 radical (unpaired) electrons.